The number of hydrogen-bond acceptors (Lipinski definition) is 4. The maximum absolute atomic E-state index is 12.6. The van der Waals surface area contributed by atoms with Crippen molar-refractivity contribution in [2.75, 3.05) is 11.9 Å². The van der Waals surface area contributed by atoms with Crippen LogP contribution in [0.1, 0.15) is 28.7 Å². The number of carbonyl (C=O) groups excluding carboxylic acids is 3. The molecule has 0 unspecified atom stereocenters. The first-order chi connectivity index (χ1) is 13.7. The number of anilines is 1. The zero-order chi connectivity index (χ0) is 21.1. The van der Waals surface area contributed by atoms with Gasteiger partial charge >= 0.3 is 0 Å². The number of imide groups is 1. The topological polar surface area (TPSA) is 66.5 Å². The summed E-state index contributed by atoms with van der Waals surface area (Å²) in [7, 11) is 0. The molecule has 0 radical (unpaired) electrons. The van der Waals surface area contributed by atoms with Crippen LogP contribution in [-0.2, 0) is 9.59 Å². The molecule has 5 nitrogen and oxygen atoms in total. The second-order valence-corrected chi connectivity index (χ2v) is 8.44. The predicted octanol–water partition coefficient (Wildman–Crippen LogP) is 5.33. The van der Waals surface area contributed by atoms with Gasteiger partial charge in [-0.2, -0.15) is 0 Å². The number of nitrogens with one attached hydrogen (secondary N) is 1. The molecule has 1 heterocycles. The Balaban J connectivity index is 1.64. The SMILES string of the molecule is Cc1cc(C)cc(/C=C2\SC(=O)N(CCC(=O)Nc3ccc(C)cc3Cl)C2=O)c1. The van der Waals surface area contributed by atoms with E-state index in [4.69, 9.17) is 11.6 Å². The molecule has 29 heavy (non-hydrogen) atoms. The van der Waals surface area contributed by atoms with Crippen molar-refractivity contribution >= 4 is 52.2 Å². The summed E-state index contributed by atoms with van der Waals surface area (Å²) in [6.45, 7) is 5.89. The van der Waals surface area contributed by atoms with E-state index in [0.29, 0.717) is 15.6 Å². The van der Waals surface area contributed by atoms with Crippen LogP contribution in [0.2, 0.25) is 5.02 Å². The third-order valence-corrected chi connectivity index (χ3v) is 5.60. The molecule has 0 aliphatic carbocycles. The van der Waals surface area contributed by atoms with Crippen molar-refractivity contribution in [1.82, 2.24) is 4.90 Å². The first kappa shape index (κ1) is 21.1. The number of aryl methyl sites for hydroxylation is 3. The van der Waals surface area contributed by atoms with Crippen molar-refractivity contribution in [2.24, 2.45) is 0 Å². The van der Waals surface area contributed by atoms with Crippen molar-refractivity contribution < 1.29 is 14.4 Å². The van der Waals surface area contributed by atoms with E-state index in [1.807, 2.05) is 45.0 Å². The predicted molar refractivity (Wildman–Crippen MR) is 118 cm³/mol. The highest BCUT2D eigenvalue weighted by Gasteiger charge is 2.35. The molecule has 7 heteroatoms. The molecule has 0 saturated carbocycles. The van der Waals surface area contributed by atoms with E-state index in [1.54, 1.807) is 18.2 Å². The first-order valence-electron chi connectivity index (χ1n) is 9.12. The summed E-state index contributed by atoms with van der Waals surface area (Å²) in [5.41, 5.74) is 4.54. The van der Waals surface area contributed by atoms with Crippen LogP contribution in [0.4, 0.5) is 10.5 Å². The van der Waals surface area contributed by atoms with Gasteiger partial charge < -0.3 is 5.32 Å². The van der Waals surface area contributed by atoms with Crippen LogP contribution in [0.15, 0.2) is 41.3 Å². The Kier molecular flexibility index (Phi) is 6.45. The van der Waals surface area contributed by atoms with Gasteiger partial charge in [-0.3, -0.25) is 19.3 Å². The van der Waals surface area contributed by atoms with Gasteiger partial charge in [0.05, 0.1) is 15.6 Å². The molecule has 1 aliphatic rings. The molecule has 2 aromatic carbocycles. The van der Waals surface area contributed by atoms with Gasteiger partial charge in [0, 0.05) is 13.0 Å². The summed E-state index contributed by atoms with van der Waals surface area (Å²) in [6.07, 6.45) is 1.72. The average Bonchev–Trinajstić information content (AvgIpc) is 2.88. The van der Waals surface area contributed by atoms with E-state index in [9.17, 15) is 14.4 Å². The Labute approximate surface area is 179 Å². The molecular weight excluding hydrogens is 408 g/mol. The van der Waals surface area contributed by atoms with Gasteiger partial charge in [-0.25, -0.2) is 0 Å². The van der Waals surface area contributed by atoms with Crippen molar-refractivity contribution in [2.45, 2.75) is 27.2 Å². The summed E-state index contributed by atoms with van der Waals surface area (Å²) in [5.74, 6) is -0.687. The molecule has 0 bridgehead atoms. The lowest BCUT2D eigenvalue weighted by Gasteiger charge is -2.13. The van der Waals surface area contributed by atoms with E-state index < -0.39 is 0 Å². The lowest BCUT2D eigenvalue weighted by atomic mass is 10.1. The molecule has 1 N–H and O–H groups in total. The zero-order valence-corrected chi connectivity index (χ0v) is 18.0. The first-order valence-corrected chi connectivity index (χ1v) is 10.3. The van der Waals surface area contributed by atoms with E-state index >= 15 is 0 Å². The van der Waals surface area contributed by atoms with Crippen LogP contribution in [0.3, 0.4) is 0 Å². The Morgan fingerprint density at radius 2 is 1.76 bits per heavy atom. The maximum Gasteiger partial charge on any atom is 0.293 e. The quantitative estimate of drug-likeness (QED) is 0.653. The summed E-state index contributed by atoms with van der Waals surface area (Å²) in [6, 6.07) is 11.3. The molecule has 3 amide bonds. The Hall–Kier alpha value is -2.57. The minimum Gasteiger partial charge on any atom is -0.325 e. The van der Waals surface area contributed by atoms with Gasteiger partial charge in [0.15, 0.2) is 0 Å². The molecule has 0 spiro atoms. The van der Waals surface area contributed by atoms with E-state index in [-0.39, 0.29) is 30.0 Å². The molecule has 0 atom stereocenters. The highest BCUT2D eigenvalue weighted by molar-refractivity contribution is 8.18. The van der Waals surface area contributed by atoms with E-state index in [0.717, 1.165) is 38.9 Å². The second-order valence-electron chi connectivity index (χ2n) is 7.04. The lowest BCUT2D eigenvalue weighted by molar-refractivity contribution is -0.123. The number of thioether (sulfide) groups is 1. The fourth-order valence-corrected chi connectivity index (χ4v) is 4.23. The molecule has 3 rings (SSSR count). The molecule has 2 aromatic rings. The van der Waals surface area contributed by atoms with E-state index in [1.165, 1.54) is 0 Å². The number of carbonyl (C=O) groups is 3. The molecule has 0 aromatic heterocycles. The van der Waals surface area contributed by atoms with Gasteiger partial charge in [-0.05, 0) is 61.9 Å². The fourth-order valence-electron chi connectivity index (χ4n) is 3.08. The highest BCUT2D eigenvalue weighted by Crippen LogP contribution is 2.32. The largest absolute Gasteiger partial charge is 0.325 e. The highest BCUT2D eigenvalue weighted by atomic mass is 35.5. The summed E-state index contributed by atoms with van der Waals surface area (Å²) in [5, 5.41) is 2.79. The van der Waals surface area contributed by atoms with Crippen LogP contribution in [0.25, 0.3) is 6.08 Å². The zero-order valence-electron chi connectivity index (χ0n) is 16.4. The van der Waals surface area contributed by atoms with Gasteiger partial charge in [-0.15, -0.1) is 0 Å². The number of rotatable bonds is 5. The summed E-state index contributed by atoms with van der Waals surface area (Å²) in [4.78, 5) is 38.6. The van der Waals surface area contributed by atoms with Gasteiger partial charge in [0.25, 0.3) is 11.1 Å². The van der Waals surface area contributed by atoms with Crippen molar-refractivity contribution in [3.63, 3.8) is 0 Å². The van der Waals surface area contributed by atoms with Crippen molar-refractivity contribution in [3.05, 3.63) is 68.6 Å². The molecule has 150 valence electrons. The maximum atomic E-state index is 12.6. The Bertz CT molecular complexity index is 1010. The smallest absolute Gasteiger partial charge is 0.293 e. The molecule has 1 aliphatic heterocycles. The number of nitrogens with zero attached hydrogens (tertiary/aromatic N) is 1. The molecule has 1 fully saturated rings. The van der Waals surface area contributed by atoms with Gasteiger partial charge in [0.1, 0.15) is 0 Å². The second kappa shape index (κ2) is 8.84. The average molecular weight is 429 g/mol. The summed E-state index contributed by atoms with van der Waals surface area (Å²) >= 11 is 7.02. The molecule has 1 saturated heterocycles. The van der Waals surface area contributed by atoms with Crippen molar-refractivity contribution in [3.8, 4) is 0 Å². The summed E-state index contributed by atoms with van der Waals surface area (Å²) < 4.78 is 0. The minimum atomic E-state index is -0.375. The number of amides is 3. The van der Waals surface area contributed by atoms with Crippen LogP contribution in [0, 0.1) is 20.8 Å². The molecular formula is C22H21ClN2O3S. The fraction of sp³-hybridized carbons (Fsp3) is 0.227. The van der Waals surface area contributed by atoms with Crippen LogP contribution in [0.5, 0.6) is 0 Å². The standard InChI is InChI=1S/C22H21ClN2O3S/c1-13-4-5-18(17(23)11-13)24-20(26)6-7-25-21(27)19(29-22(25)28)12-16-9-14(2)8-15(3)10-16/h4-5,8-12H,6-7H2,1-3H3,(H,24,26)/b19-12-. The minimum absolute atomic E-state index is 0.000914. The van der Waals surface area contributed by atoms with Crippen LogP contribution < -0.4 is 5.32 Å². The Morgan fingerprint density at radius 3 is 2.41 bits per heavy atom. The van der Waals surface area contributed by atoms with Gasteiger partial charge in [0.2, 0.25) is 5.91 Å². The lowest BCUT2D eigenvalue weighted by Crippen LogP contribution is -2.31. The number of hydrogen-bond donors (Lipinski definition) is 1. The third kappa shape index (κ3) is 5.28. The van der Waals surface area contributed by atoms with Crippen molar-refractivity contribution in [1.29, 1.82) is 0 Å². The normalized spacial score (nSPS) is 15.3. The number of halogens is 1. The Morgan fingerprint density at radius 1 is 1.07 bits per heavy atom. The third-order valence-electron chi connectivity index (χ3n) is 4.38. The van der Waals surface area contributed by atoms with Crippen LogP contribution >= 0.6 is 23.4 Å². The monoisotopic (exact) mass is 428 g/mol. The number of benzene rings is 2. The van der Waals surface area contributed by atoms with Crippen LogP contribution in [-0.4, -0.2) is 28.5 Å². The van der Waals surface area contributed by atoms with E-state index in [2.05, 4.69) is 5.32 Å². The van der Waals surface area contributed by atoms with Gasteiger partial charge in [-0.1, -0.05) is 47.0 Å².